The number of benzene rings is 2. The van der Waals surface area contributed by atoms with E-state index < -0.39 is 17.2 Å². The van der Waals surface area contributed by atoms with Crippen LogP contribution in [0.3, 0.4) is 0 Å². The Morgan fingerprint density at radius 1 is 1.00 bits per heavy atom. The average Bonchev–Trinajstić information content (AvgIpc) is 2.78. The highest BCUT2D eigenvalue weighted by molar-refractivity contribution is 6.00. The number of anilines is 2. The van der Waals surface area contributed by atoms with Gasteiger partial charge in [-0.2, -0.15) is 0 Å². The second-order valence-corrected chi connectivity index (χ2v) is 9.69. The molecule has 2 amide bonds. The van der Waals surface area contributed by atoms with Crippen molar-refractivity contribution in [3.63, 3.8) is 0 Å². The van der Waals surface area contributed by atoms with Gasteiger partial charge >= 0.3 is 6.09 Å². The van der Waals surface area contributed by atoms with Crippen LogP contribution in [0.25, 0.3) is 0 Å². The molecule has 0 spiro atoms. The molecule has 0 heterocycles. The third-order valence-electron chi connectivity index (χ3n) is 6.40. The van der Waals surface area contributed by atoms with Crippen molar-refractivity contribution in [2.75, 3.05) is 30.4 Å². The molecule has 6 nitrogen and oxygen atoms in total. The van der Waals surface area contributed by atoms with Gasteiger partial charge in [-0.05, 0) is 82.9 Å². The Morgan fingerprint density at radius 3 is 2.18 bits per heavy atom. The first-order chi connectivity index (χ1) is 15.6. The van der Waals surface area contributed by atoms with Crippen LogP contribution in [-0.4, -0.2) is 48.2 Å². The molecule has 0 aliphatic heterocycles. The number of rotatable bonds is 6. The number of carbonyl (C=O) groups excluding carboxylic acids is 2. The normalized spacial score (nSPS) is 17.6. The quantitative estimate of drug-likeness (QED) is 0.650. The fourth-order valence-electron chi connectivity index (χ4n) is 4.45. The standard InChI is InChI=1S/C27H37N3O3/c1-7-30(8-2)23-15-13-22(14-16-23)28-24(31)27(29(6)25(32)33-26(3,4)5)18-17-20-11-9-10-12-21(20)19-27/h9-16H,7-8,17-19H2,1-6H3,(H,28,31). The molecule has 1 aliphatic rings. The maximum atomic E-state index is 13.8. The van der Waals surface area contributed by atoms with Crippen LogP contribution < -0.4 is 10.2 Å². The molecule has 1 atom stereocenters. The number of amides is 2. The van der Waals surface area contributed by atoms with Crippen LogP contribution in [0, 0.1) is 0 Å². The Hall–Kier alpha value is -3.02. The van der Waals surface area contributed by atoms with E-state index in [4.69, 9.17) is 4.74 Å². The summed E-state index contributed by atoms with van der Waals surface area (Å²) in [5.74, 6) is -0.194. The maximum Gasteiger partial charge on any atom is 0.410 e. The van der Waals surface area contributed by atoms with Gasteiger partial charge in [0.15, 0.2) is 0 Å². The molecule has 33 heavy (non-hydrogen) atoms. The molecule has 0 saturated carbocycles. The molecule has 3 rings (SSSR count). The van der Waals surface area contributed by atoms with E-state index in [2.05, 4.69) is 30.1 Å². The van der Waals surface area contributed by atoms with Crippen LogP contribution in [0.1, 0.15) is 52.2 Å². The van der Waals surface area contributed by atoms with Gasteiger partial charge in [-0.1, -0.05) is 24.3 Å². The molecule has 1 N–H and O–H groups in total. The summed E-state index contributed by atoms with van der Waals surface area (Å²) in [6.07, 6.45) is 1.21. The minimum Gasteiger partial charge on any atom is -0.444 e. The van der Waals surface area contributed by atoms with E-state index in [1.165, 1.54) is 10.5 Å². The first-order valence-corrected chi connectivity index (χ1v) is 11.8. The van der Waals surface area contributed by atoms with Gasteiger partial charge < -0.3 is 15.0 Å². The fourth-order valence-corrected chi connectivity index (χ4v) is 4.45. The van der Waals surface area contributed by atoms with E-state index in [1.807, 2.05) is 63.2 Å². The molecular weight excluding hydrogens is 414 g/mol. The van der Waals surface area contributed by atoms with Crippen LogP contribution in [-0.2, 0) is 22.4 Å². The number of hydrogen-bond acceptors (Lipinski definition) is 4. The first-order valence-electron chi connectivity index (χ1n) is 11.8. The number of fused-ring (bicyclic) bond motifs is 1. The monoisotopic (exact) mass is 451 g/mol. The highest BCUT2D eigenvalue weighted by Crippen LogP contribution is 2.35. The predicted octanol–water partition coefficient (Wildman–Crippen LogP) is 5.27. The van der Waals surface area contributed by atoms with Gasteiger partial charge in [0.25, 0.3) is 5.91 Å². The molecule has 0 aromatic heterocycles. The topological polar surface area (TPSA) is 61.9 Å². The predicted molar refractivity (Wildman–Crippen MR) is 134 cm³/mol. The van der Waals surface area contributed by atoms with Gasteiger partial charge in [0.2, 0.25) is 0 Å². The van der Waals surface area contributed by atoms with Gasteiger partial charge in [0, 0.05) is 37.9 Å². The largest absolute Gasteiger partial charge is 0.444 e. The van der Waals surface area contributed by atoms with E-state index in [9.17, 15) is 9.59 Å². The summed E-state index contributed by atoms with van der Waals surface area (Å²) < 4.78 is 5.63. The van der Waals surface area contributed by atoms with Crippen molar-refractivity contribution in [3.8, 4) is 0 Å². The van der Waals surface area contributed by atoms with Crippen molar-refractivity contribution in [2.45, 2.75) is 65.0 Å². The summed E-state index contributed by atoms with van der Waals surface area (Å²) in [5, 5.41) is 3.08. The van der Waals surface area contributed by atoms with Crippen LogP contribution in [0.5, 0.6) is 0 Å². The van der Waals surface area contributed by atoms with E-state index >= 15 is 0 Å². The van der Waals surface area contributed by atoms with Crippen molar-refractivity contribution in [2.24, 2.45) is 0 Å². The Labute approximate surface area is 197 Å². The number of nitrogens with one attached hydrogen (secondary N) is 1. The first kappa shape index (κ1) is 24.6. The Balaban J connectivity index is 1.89. The number of carbonyl (C=O) groups is 2. The summed E-state index contributed by atoms with van der Waals surface area (Å²) in [6, 6.07) is 16.0. The second-order valence-electron chi connectivity index (χ2n) is 9.69. The minimum atomic E-state index is -1.03. The fraction of sp³-hybridized carbons (Fsp3) is 0.481. The number of likely N-dealkylation sites (N-methyl/N-ethyl adjacent to an activating group) is 1. The summed E-state index contributed by atoms with van der Waals surface area (Å²) in [5.41, 5.74) is 2.47. The SMILES string of the molecule is CCN(CC)c1ccc(NC(=O)C2(N(C)C(=O)OC(C)(C)C)CCc3ccccc3C2)cc1. The molecular formula is C27H37N3O3. The smallest absolute Gasteiger partial charge is 0.410 e. The lowest BCUT2D eigenvalue weighted by atomic mass is 9.76. The van der Waals surface area contributed by atoms with Crippen molar-refractivity contribution in [3.05, 3.63) is 59.7 Å². The van der Waals surface area contributed by atoms with Crippen LogP contribution in [0.2, 0.25) is 0 Å². The Bertz CT molecular complexity index is 977. The third-order valence-corrected chi connectivity index (χ3v) is 6.40. The van der Waals surface area contributed by atoms with Gasteiger partial charge in [0.1, 0.15) is 11.1 Å². The summed E-state index contributed by atoms with van der Waals surface area (Å²) in [4.78, 5) is 30.6. The van der Waals surface area contributed by atoms with Crippen molar-refractivity contribution < 1.29 is 14.3 Å². The highest BCUT2D eigenvalue weighted by atomic mass is 16.6. The lowest BCUT2D eigenvalue weighted by molar-refractivity contribution is -0.128. The van der Waals surface area contributed by atoms with Crippen LogP contribution >= 0.6 is 0 Å². The number of ether oxygens (including phenoxy) is 1. The van der Waals surface area contributed by atoms with Gasteiger partial charge in [0.05, 0.1) is 0 Å². The molecule has 0 saturated heterocycles. The van der Waals surface area contributed by atoms with Crippen molar-refractivity contribution >= 4 is 23.4 Å². The molecule has 1 aliphatic carbocycles. The van der Waals surface area contributed by atoms with Crippen molar-refractivity contribution in [1.82, 2.24) is 4.90 Å². The zero-order valence-corrected chi connectivity index (χ0v) is 20.8. The highest BCUT2D eigenvalue weighted by Gasteiger charge is 2.48. The van der Waals surface area contributed by atoms with E-state index in [1.54, 1.807) is 7.05 Å². The van der Waals surface area contributed by atoms with Gasteiger partial charge in [-0.15, -0.1) is 0 Å². The summed E-state index contributed by atoms with van der Waals surface area (Å²) in [7, 11) is 1.67. The molecule has 0 bridgehead atoms. The zero-order chi connectivity index (χ0) is 24.2. The molecule has 2 aromatic rings. The Kier molecular flexibility index (Phi) is 7.35. The average molecular weight is 452 g/mol. The lowest BCUT2D eigenvalue weighted by Gasteiger charge is -2.43. The van der Waals surface area contributed by atoms with Crippen LogP contribution in [0.15, 0.2) is 48.5 Å². The minimum absolute atomic E-state index is 0.194. The molecule has 178 valence electrons. The lowest BCUT2D eigenvalue weighted by Crippen LogP contribution is -2.61. The van der Waals surface area contributed by atoms with Crippen LogP contribution in [0.4, 0.5) is 16.2 Å². The number of hydrogen-bond donors (Lipinski definition) is 1. The Morgan fingerprint density at radius 2 is 1.61 bits per heavy atom. The molecule has 6 heteroatoms. The van der Waals surface area contributed by atoms with Gasteiger partial charge in [-0.25, -0.2) is 4.79 Å². The summed E-state index contributed by atoms with van der Waals surface area (Å²) in [6.45, 7) is 11.6. The number of aryl methyl sites for hydroxylation is 1. The molecule has 1 unspecified atom stereocenters. The number of nitrogens with zero attached hydrogens (tertiary/aromatic N) is 2. The van der Waals surface area contributed by atoms with E-state index in [0.29, 0.717) is 18.5 Å². The summed E-state index contributed by atoms with van der Waals surface area (Å²) >= 11 is 0. The molecule has 2 aromatic carbocycles. The van der Waals surface area contributed by atoms with E-state index in [0.717, 1.165) is 30.8 Å². The van der Waals surface area contributed by atoms with Gasteiger partial charge in [-0.3, -0.25) is 9.69 Å². The maximum absolute atomic E-state index is 13.8. The molecule has 0 fully saturated rings. The third kappa shape index (κ3) is 5.49. The molecule has 0 radical (unpaired) electrons. The van der Waals surface area contributed by atoms with E-state index in [-0.39, 0.29) is 5.91 Å². The second kappa shape index (κ2) is 9.86. The zero-order valence-electron chi connectivity index (χ0n) is 20.8. The van der Waals surface area contributed by atoms with Crippen molar-refractivity contribution in [1.29, 1.82) is 0 Å².